The fourth-order valence-electron chi connectivity index (χ4n) is 1.87. The van der Waals surface area contributed by atoms with Gasteiger partial charge in [0.05, 0.1) is 6.04 Å². The molecule has 0 aliphatic carbocycles. The Kier molecular flexibility index (Phi) is 4.11. The van der Waals surface area contributed by atoms with Gasteiger partial charge in [-0.05, 0) is 42.3 Å². The van der Waals surface area contributed by atoms with Crippen molar-refractivity contribution in [1.82, 2.24) is 20.2 Å². The van der Waals surface area contributed by atoms with Crippen LogP contribution in [0, 0.1) is 6.92 Å². The van der Waals surface area contributed by atoms with Crippen molar-refractivity contribution in [1.29, 1.82) is 0 Å². The highest BCUT2D eigenvalue weighted by molar-refractivity contribution is 5.63. The largest absolute Gasteiger partial charge is 0.398 e. The molecule has 0 saturated carbocycles. The number of nitrogen functional groups attached to an aromatic ring is 1. The summed E-state index contributed by atoms with van der Waals surface area (Å²) in [6.45, 7) is 4.72. The minimum absolute atomic E-state index is 0.174. The van der Waals surface area contributed by atoms with Gasteiger partial charge < -0.3 is 10.5 Å². The Morgan fingerprint density at radius 3 is 2.89 bits per heavy atom. The molecule has 19 heavy (non-hydrogen) atoms. The third kappa shape index (κ3) is 2.90. The molecule has 1 heterocycles. The molecule has 6 nitrogen and oxygen atoms in total. The lowest BCUT2D eigenvalue weighted by Gasteiger charge is -2.13. The Balaban J connectivity index is 2.30. The van der Waals surface area contributed by atoms with Crippen molar-refractivity contribution in [2.24, 2.45) is 0 Å². The van der Waals surface area contributed by atoms with E-state index in [9.17, 15) is 0 Å². The predicted molar refractivity (Wildman–Crippen MR) is 73.6 cm³/mol. The van der Waals surface area contributed by atoms with E-state index in [0.717, 1.165) is 29.1 Å². The van der Waals surface area contributed by atoms with Gasteiger partial charge in [-0.15, -0.1) is 5.10 Å². The van der Waals surface area contributed by atoms with Crippen LogP contribution in [0.25, 0.3) is 11.4 Å². The lowest BCUT2D eigenvalue weighted by atomic mass is 10.1. The number of aromatic nitrogens is 4. The highest BCUT2D eigenvalue weighted by atomic mass is 16.5. The normalized spacial score (nSPS) is 12.6. The van der Waals surface area contributed by atoms with Gasteiger partial charge in [-0.25, -0.2) is 4.68 Å². The highest BCUT2D eigenvalue weighted by Crippen LogP contribution is 2.24. The standard InChI is InChI=1S/C13H19N5O/c1-9-4-5-11(8-12(9)14)13-15-16-17-18(13)10(2)6-7-19-3/h4-5,8,10H,6-7,14H2,1-3H3. The maximum Gasteiger partial charge on any atom is 0.182 e. The number of anilines is 1. The zero-order valence-corrected chi connectivity index (χ0v) is 11.5. The van der Waals surface area contributed by atoms with E-state index >= 15 is 0 Å². The lowest BCUT2D eigenvalue weighted by molar-refractivity contribution is 0.178. The zero-order chi connectivity index (χ0) is 13.8. The molecule has 1 aromatic heterocycles. The molecule has 0 radical (unpaired) electrons. The molecule has 1 unspecified atom stereocenters. The summed E-state index contributed by atoms with van der Waals surface area (Å²) in [5, 5.41) is 11.9. The SMILES string of the molecule is COCCC(C)n1nnnc1-c1ccc(C)c(N)c1. The number of hydrogen-bond donors (Lipinski definition) is 1. The second-order valence-corrected chi connectivity index (χ2v) is 4.65. The average Bonchev–Trinajstić information content (AvgIpc) is 2.88. The maximum absolute atomic E-state index is 5.94. The monoisotopic (exact) mass is 261 g/mol. The van der Waals surface area contributed by atoms with Crippen molar-refractivity contribution in [3.05, 3.63) is 23.8 Å². The van der Waals surface area contributed by atoms with E-state index < -0.39 is 0 Å². The molecule has 0 bridgehead atoms. The summed E-state index contributed by atoms with van der Waals surface area (Å²) >= 11 is 0. The van der Waals surface area contributed by atoms with Crippen LogP contribution in [0.3, 0.4) is 0 Å². The molecular weight excluding hydrogens is 242 g/mol. The van der Waals surface area contributed by atoms with E-state index in [0.29, 0.717) is 6.61 Å². The summed E-state index contributed by atoms with van der Waals surface area (Å²) in [5.74, 6) is 0.732. The van der Waals surface area contributed by atoms with Crippen molar-refractivity contribution in [2.75, 3.05) is 19.5 Å². The van der Waals surface area contributed by atoms with Crippen LogP contribution in [0.4, 0.5) is 5.69 Å². The Morgan fingerprint density at radius 1 is 1.42 bits per heavy atom. The van der Waals surface area contributed by atoms with E-state index in [1.54, 1.807) is 7.11 Å². The van der Waals surface area contributed by atoms with Gasteiger partial charge in [0.1, 0.15) is 0 Å². The van der Waals surface area contributed by atoms with Crippen LogP contribution in [0.2, 0.25) is 0 Å². The number of rotatable bonds is 5. The van der Waals surface area contributed by atoms with E-state index in [2.05, 4.69) is 22.4 Å². The highest BCUT2D eigenvalue weighted by Gasteiger charge is 2.14. The Morgan fingerprint density at radius 2 is 2.21 bits per heavy atom. The molecule has 0 aliphatic rings. The summed E-state index contributed by atoms with van der Waals surface area (Å²) in [7, 11) is 1.69. The van der Waals surface area contributed by atoms with Gasteiger partial charge in [-0.2, -0.15) is 0 Å². The van der Waals surface area contributed by atoms with E-state index in [1.807, 2.05) is 29.8 Å². The first-order valence-electron chi connectivity index (χ1n) is 6.26. The summed E-state index contributed by atoms with van der Waals surface area (Å²) in [5.41, 5.74) is 8.66. The Bertz CT molecular complexity index is 552. The van der Waals surface area contributed by atoms with Crippen LogP contribution in [0.5, 0.6) is 0 Å². The third-order valence-electron chi connectivity index (χ3n) is 3.19. The fourth-order valence-corrected chi connectivity index (χ4v) is 1.87. The quantitative estimate of drug-likeness (QED) is 0.831. The molecular formula is C13H19N5O. The lowest BCUT2D eigenvalue weighted by Crippen LogP contribution is -2.11. The van der Waals surface area contributed by atoms with E-state index in [1.165, 1.54) is 0 Å². The molecule has 0 aliphatic heterocycles. The number of aryl methyl sites for hydroxylation is 1. The first-order valence-corrected chi connectivity index (χ1v) is 6.26. The second-order valence-electron chi connectivity index (χ2n) is 4.65. The number of benzene rings is 1. The molecule has 0 amide bonds. The zero-order valence-electron chi connectivity index (χ0n) is 11.5. The van der Waals surface area contributed by atoms with Crippen molar-refractivity contribution < 1.29 is 4.74 Å². The van der Waals surface area contributed by atoms with Gasteiger partial charge in [0.25, 0.3) is 0 Å². The topological polar surface area (TPSA) is 78.8 Å². The van der Waals surface area contributed by atoms with Crippen molar-refractivity contribution in [3.63, 3.8) is 0 Å². The summed E-state index contributed by atoms with van der Waals surface area (Å²) in [6, 6.07) is 6.04. The van der Waals surface area contributed by atoms with E-state index in [4.69, 9.17) is 10.5 Å². The Labute approximate surface area is 112 Å². The molecule has 2 N–H and O–H groups in total. The summed E-state index contributed by atoms with van der Waals surface area (Å²) in [6.07, 6.45) is 0.857. The number of nitrogens with zero attached hydrogens (tertiary/aromatic N) is 4. The van der Waals surface area contributed by atoms with Gasteiger partial charge in [0.2, 0.25) is 0 Å². The Hall–Kier alpha value is -1.95. The number of ether oxygens (including phenoxy) is 1. The van der Waals surface area contributed by atoms with Crippen molar-refractivity contribution in [2.45, 2.75) is 26.3 Å². The molecule has 0 fully saturated rings. The van der Waals surface area contributed by atoms with Crippen molar-refractivity contribution >= 4 is 5.69 Å². The number of hydrogen-bond acceptors (Lipinski definition) is 5. The smallest absolute Gasteiger partial charge is 0.182 e. The summed E-state index contributed by atoms with van der Waals surface area (Å²) in [4.78, 5) is 0. The first kappa shape index (κ1) is 13.5. The van der Waals surface area contributed by atoms with Crippen LogP contribution in [-0.4, -0.2) is 33.9 Å². The average molecular weight is 261 g/mol. The summed E-state index contributed by atoms with van der Waals surface area (Å²) < 4.78 is 6.90. The third-order valence-corrected chi connectivity index (χ3v) is 3.19. The van der Waals surface area contributed by atoms with Gasteiger partial charge in [0, 0.05) is 25.0 Å². The van der Waals surface area contributed by atoms with Gasteiger partial charge in [-0.3, -0.25) is 0 Å². The predicted octanol–water partition coefficient (Wildman–Crippen LogP) is 1.83. The van der Waals surface area contributed by atoms with Crippen molar-refractivity contribution in [3.8, 4) is 11.4 Å². The molecule has 0 saturated heterocycles. The molecule has 6 heteroatoms. The van der Waals surface area contributed by atoms with E-state index in [-0.39, 0.29) is 6.04 Å². The first-order chi connectivity index (χ1) is 9.13. The van der Waals surface area contributed by atoms with Crippen LogP contribution >= 0.6 is 0 Å². The molecule has 2 aromatic rings. The fraction of sp³-hybridized carbons (Fsp3) is 0.462. The molecule has 1 atom stereocenters. The molecule has 102 valence electrons. The van der Waals surface area contributed by atoms with Gasteiger partial charge in [-0.1, -0.05) is 12.1 Å². The minimum Gasteiger partial charge on any atom is -0.398 e. The minimum atomic E-state index is 0.174. The second kappa shape index (κ2) is 5.79. The van der Waals surface area contributed by atoms with Crippen LogP contribution < -0.4 is 5.73 Å². The van der Waals surface area contributed by atoms with Gasteiger partial charge in [0.15, 0.2) is 5.82 Å². The number of tetrazole rings is 1. The number of methoxy groups -OCH3 is 1. The maximum atomic E-state index is 5.94. The van der Waals surface area contributed by atoms with Crippen LogP contribution in [-0.2, 0) is 4.74 Å². The molecule has 0 spiro atoms. The van der Waals surface area contributed by atoms with Crippen LogP contribution in [0.15, 0.2) is 18.2 Å². The molecule has 1 aromatic carbocycles. The molecule has 2 rings (SSSR count). The van der Waals surface area contributed by atoms with Crippen LogP contribution in [0.1, 0.15) is 24.9 Å². The van der Waals surface area contributed by atoms with Gasteiger partial charge >= 0.3 is 0 Å². The number of nitrogens with two attached hydrogens (primary N) is 1.